The molecule has 0 aromatic carbocycles. The zero-order valence-electron chi connectivity index (χ0n) is 5.82. The van der Waals surface area contributed by atoms with E-state index in [4.69, 9.17) is 14.6 Å². The Balaban J connectivity index is 1.79. The highest BCUT2D eigenvalue weighted by Crippen LogP contribution is 2.43. The highest BCUT2D eigenvalue weighted by Gasteiger charge is 2.45. The molecule has 0 amide bonds. The number of ether oxygens (including phenoxy) is 2. The average Bonchev–Trinajstić information content (AvgIpc) is 2.56. The molecule has 0 aromatic rings. The summed E-state index contributed by atoms with van der Waals surface area (Å²) in [5.74, 6) is 0.926. The molecule has 58 valence electrons. The van der Waals surface area contributed by atoms with E-state index in [9.17, 15) is 0 Å². The number of aliphatic hydroxyl groups excluding tert-OH is 1. The van der Waals surface area contributed by atoms with Gasteiger partial charge >= 0.3 is 0 Å². The topological polar surface area (TPSA) is 38.7 Å². The van der Waals surface area contributed by atoms with Gasteiger partial charge in [0.25, 0.3) is 0 Å². The molecule has 2 fully saturated rings. The van der Waals surface area contributed by atoms with Gasteiger partial charge in [0.2, 0.25) is 0 Å². The van der Waals surface area contributed by atoms with Crippen LogP contribution in [0.2, 0.25) is 0 Å². The van der Waals surface area contributed by atoms with E-state index in [1.807, 2.05) is 0 Å². The highest BCUT2D eigenvalue weighted by molar-refractivity contribution is 4.89. The summed E-state index contributed by atoms with van der Waals surface area (Å²) in [6, 6.07) is 0. The largest absolute Gasteiger partial charge is 0.396 e. The standard InChI is InChI=1S/C7H12O3/c8-4-5-3-6(5)7-9-1-2-10-7/h5-8H,1-4H2/t5-,6+/m1/s1. The SMILES string of the molecule is OC[C@H]1C[C@@H]1C1OCCO1. The van der Waals surface area contributed by atoms with E-state index in [1.165, 1.54) is 0 Å². The molecule has 0 bridgehead atoms. The summed E-state index contributed by atoms with van der Waals surface area (Å²) < 4.78 is 10.6. The van der Waals surface area contributed by atoms with E-state index < -0.39 is 0 Å². The van der Waals surface area contributed by atoms with Crippen LogP contribution in [0.5, 0.6) is 0 Å². The molecular formula is C7H12O3. The molecule has 0 unspecified atom stereocenters. The normalized spacial score (nSPS) is 40.5. The number of hydrogen-bond donors (Lipinski definition) is 1. The number of rotatable bonds is 2. The molecule has 2 aliphatic rings. The average molecular weight is 144 g/mol. The number of aliphatic hydroxyl groups is 1. The van der Waals surface area contributed by atoms with E-state index in [2.05, 4.69) is 0 Å². The van der Waals surface area contributed by atoms with Gasteiger partial charge in [0.05, 0.1) is 13.2 Å². The van der Waals surface area contributed by atoms with Gasteiger partial charge in [-0.1, -0.05) is 0 Å². The molecule has 1 heterocycles. The second-order valence-electron chi connectivity index (χ2n) is 2.95. The lowest BCUT2D eigenvalue weighted by atomic mass is 10.3. The van der Waals surface area contributed by atoms with Crippen LogP contribution in [0, 0.1) is 11.8 Å². The molecular weight excluding hydrogens is 132 g/mol. The number of hydrogen-bond acceptors (Lipinski definition) is 3. The van der Waals surface area contributed by atoms with E-state index in [0.29, 0.717) is 11.8 Å². The zero-order valence-corrected chi connectivity index (χ0v) is 5.82. The molecule has 1 N–H and O–H groups in total. The predicted octanol–water partition coefficient (Wildman–Crippen LogP) is -0.0123. The second-order valence-corrected chi connectivity index (χ2v) is 2.95. The molecule has 0 radical (unpaired) electrons. The summed E-state index contributed by atoms with van der Waals surface area (Å²) >= 11 is 0. The first-order chi connectivity index (χ1) is 4.92. The van der Waals surface area contributed by atoms with E-state index >= 15 is 0 Å². The molecule has 2 rings (SSSR count). The first kappa shape index (κ1) is 6.58. The maximum Gasteiger partial charge on any atom is 0.160 e. The van der Waals surface area contributed by atoms with Crippen LogP contribution in [-0.4, -0.2) is 31.2 Å². The Labute approximate surface area is 59.9 Å². The molecule has 0 spiro atoms. The van der Waals surface area contributed by atoms with E-state index in [0.717, 1.165) is 19.6 Å². The van der Waals surface area contributed by atoms with Gasteiger partial charge in [0.15, 0.2) is 6.29 Å². The minimum atomic E-state index is -0.00264. The van der Waals surface area contributed by atoms with Crippen molar-refractivity contribution in [3.05, 3.63) is 0 Å². The third-order valence-electron chi connectivity index (χ3n) is 2.21. The Morgan fingerprint density at radius 1 is 1.30 bits per heavy atom. The van der Waals surface area contributed by atoms with Gasteiger partial charge in [-0.2, -0.15) is 0 Å². The summed E-state index contributed by atoms with van der Waals surface area (Å²) in [5, 5.41) is 8.73. The van der Waals surface area contributed by atoms with Gasteiger partial charge in [-0.15, -0.1) is 0 Å². The minimum absolute atomic E-state index is 0.00264. The fraction of sp³-hybridized carbons (Fsp3) is 1.00. The molecule has 2 atom stereocenters. The van der Waals surface area contributed by atoms with Gasteiger partial charge in [-0.3, -0.25) is 0 Å². The lowest BCUT2D eigenvalue weighted by Crippen LogP contribution is -2.12. The van der Waals surface area contributed by atoms with Crippen LogP contribution >= 0.6 is 0 Å². The van der Waals surface area contributed by atoms with Crippen LogP contribution in [0.15, 0.2) is 0 Å². The fourth-order valence-electron chi connectivity index (χ4n) is 1.44. The Hall–Kier alpha value is -0.120. The Morgan fingerprint density at radius 2 is 2.00 bits per heavy atom. The third-order valence-corrected chi connectivity index (χ3v) is 2.21. The van der Waals surface area contributed by atoms with Crippen molar-refractivity contribution in [2.24, 2.45) is 11.8 Å². The summed E-state index contributed by atoms with van der Waals surface area (Å²) in [5.41, 5.74) is 0. The first-order valence-corrected chi connectivity index (χ1v) is 3.76. The molecule has 1 saturated carbocycles. The summed E-state index contributed by atoms with van der Waals surface area (Å²) in [6.07, 6.45) is 1.07. The van der Waals surface area contributed by atoms with Crippen LogP contribution in [0.1, 0.15) is 6.42 Å². The van der Waals surface area contributed by atoms with Crippen LogP contribution in [0.25, 0.3) is 0 Å². The minimum Gasteiger partial charge on any atom is -0.396 e. The van der Waals surface area contributed by atoms with Gasteiger partial charge in [-0.05, 0) is 12.3 Å². The van der Waals surface area contributed by atoms with Gasteiger partial charge < -0.3 is 14.6 Å². The Kier molecular flexibility index (Phi) is 1.64. The first-order valence-electron chi connectivity index (χ1n) is 3.76. The van der Waals surface area contributed by atoms with E-state index in [-0.39, 0.29) is 12.9 Å². The quantitative estimate of drug-likeness (QED) is 0.592. The molecule has 1 aliphatic heterocycles. The predicted molar refractivity (Wildman–Crippen MR) is 34.4 cm³/mol. The zero-order chi connectivity index (χ0) is 6.97. The smallest absolute Gasteiger partial charge is 0.160 e. The van der Waals surface area contributed by atoms with Crippen LogP contribution < -0.4 is 0 Å². The van der Waals surface area contributed by atoms with Crippen molar-refractivity contribution < 1.29 is 14.6 Å². The van der Waals surface area contributed by atoms with Crippen molar-refractivity contribution in [3.8, 4) is 0 Å². The molecule has 1 aliphatic carbocycles. The maximum atomic E-state index is 8.73. The third kappa shape index (κ3) is 1.05. The van der Waals surface area contributed by atoms with Crippen molar-refractivity contribution in [3.63, 3.8) is 0 Å². The van der Waals surface area contributed by atoms with Crippen LogP contribution in [-0.2, 0) is 9.47 Å². The summed E-state index contributed by atoms with van der Waals surface area (Å²) in [4.78, 5) is 0. The van der Waals surface area contributed by atoms with Crippen molar-refractivity contribution in [2.75, 3.05) is 19.8 Å². The molecule has 3 nitrogen and oxygen atoms in total. The van der Waals surface area contributed by atoms with Crippen molar-refractivity contribution in [1.29, 1.82) is 0 Å². The van der Waals surface area contributed by atoms with Crippen LogP contribution in [0.4, 0.5) is 0 Å². The maximum absolute atomic E-state index is 8.73. The Morgan fingerprint density at radius 3 is 2.50 bits per heavy atom. The van der Waals surface area contributed by atoms with E-state index in [1.54, 1.807) is 0 Å². The van der Waals surface area contributed by atoms with Gasteiger partial charge in [0.1, 0.15) is 0 Å². The Bertz CT molecular complexity index is 120. The summed E-state index contributed by atoms with van der Waals surface area (Å²) in [6.45, 7) is 1.73. The fourth-order valence-corrected chi connectivity index (χ4v) is 1.44. The molecule has 10 heavy (non-hydrogen) atoms. The monoisotopic (exact) mass is 144 g/mol. The van der Waals surface area contributed by atoms with Gasteiger partial charge in [-0.25, -0.2) is 0 Å². The highest BCUT2D eigenvalue weighted by atomic mass is 16.7. The van der Waals surface area contributed by atoms with Crippen molar-refractivity contribution in [2.45, 2.75) is 12.7 Å². The molecule has 1 saturated heterocycles. The molecule has 3 heteroatoms. The molecule has 0 aromatic heterocycles. The lowest BCUT2D eigenvalue weighted by molar-refractivity contribution is -0.0623. The van der Waals surface area contributed by atoms with Gasteiger partial charge in [0, 0.05) is 12.5 Å². The van der Waals surface area contributed by atoms with Crippen molar-refractivity contribution in [1.82, 2.24) is 0 Å². The lowest BCUT2D eigenvalue weighted by Gasteiger charge is -2.06. The second kappa shape index (κ2) is 2.49. The van der Waals surface area contributed by atoms with Crippen molar-refractivity contribution >= 4 is 0 Å². The van der Waals surface area contributed by atoms with Crippen LogP contribution in [0.3, 0.4) is 0 Å². The summed E-state index contributed by atoms with van der Waals surface area (Å²) in [7, 11) is 0.